The summed E-state index contributed by atoms with van der Waals surface area (Å²) >= 11 is 0. The summed E-state index contributed by atoms with van der Waals surface area (Å²) in [6, 6.07) is 18.0. The lowest BCUT2D eigenvalue weighted by Gasteiger charge is -2.03. The number of aliphatic hydroxyl groups excluding tert-OH is 3. The first-order valence-electron chi connectivity index (χ1n) is 12.3. The zero-order valence-corrected chi connectivity index (χ0v) is 25.8. The Bertz CT molecular complexity index is 1330. The van der Waals surface area contributed by atoms with Crippen molar-refractivity contribution in [3.8, 4) is 0 Å². The highest BCUT2D eigenvalue weighted by Crippen LogP contribution is 2.10. The summed E-state index contributed by atoms with van der Waals surface area (Å²) in [6.07, 6.45) is 1.46. The van der Waals surface area contributed by atoms with Crippen LogP contribution in [0.3, 0.4) is 0 Å². The van der Waals surface area contributed by atoms with Gasteiger partial charge in [0, 0.05) is 6.61 Å². The normalized spacial score (nSPS) is 11.9. The van der Waals surface area contributed by atoms with Gasteiger partial charge in [0.25, 0.3) is 30.4 Å². The van der Waals surface area contributed by atoms with E-state index in [0.29, 0.717) is 12.8 Å². The van der Waals surface area contributed by atoms with Crippen molar-refractivity contribution in [2.75, 3.05) is 13.2 Å². The summed E-state index contributed by atoms with van der Waals surface area (Å²) in [5, 5.41) is 25.4. The van der Waals surface area contributed by atoms with Crippen molar-refractivity contribution >= 4 is 30.4 Å². The number of aliphatic hydroxyl groups is 3. The Balaban J connectivity index is 0.000000536. The summed E-state index contributed by atoms with van der Waals surface area (Å²) in [6.45, 7) is 5.51. The summed E-state index contributed by atoms with van der Waals surface area (Å²) in [5.41, 5.74) is 2.87. The van der Waals surface area contributed by atoms with Crippen LogP contribution in [-0.2, 0) is 30.4 Å². The molecule has 0 saturated carbocycles. The lowest BCUT2D eigenvalue weighted by molar-refractivity contribution is 0.0848. The van der Waals surface area contributed by atoms with Gasteiger partial charge < -0.3 is 15.3 Å². The number of hydrogen-bond acceptors (Lipinski definition) is 9. The zero-order valence-electron chi connectivity index (χ0n) is 23.4. The van der Waals surface area contributed by atoms with Crippen molar-refractivity contribution in [2.45, 2.75) is 60.8 Å². The summed E-state index contributed by atoms with van der Waals surface area (Å²) in [7, 11) is -12.1. The number of hydrogen-bond donors (Lipinski definition) is 6. The largest absolute Gasteiger partial charge is 0.396 e. The Kier molecular flexibility index (Phi) is 17.5. The summed E-state index contributed by atoms with van der Waals surface area (Å²) in [4.78, 5) is -0.200. The molecule has 0 spiro atoms. The van der Waals surface area contributed by atoms with Gasteiger partial charge in [0.05, 0.1) is 27.4 Å². The molecule has 0 bridgehead atoms. The first-order valence-corrected chi connectivity index (χ1v) is 16.7. The maximum Gasteiger partial charge on any atom is 0.294 e. The fourth-order valence-corrected chi connectivity index (χ4v) is 4.15. The molecule has 1 atom stereocenters. The van der Waals surface area contributed by atoms with Gasteiger partial charge in [0.2, 0.25) is 0 Å². The van der Waals surface area contributed by atoms with E-state index in [4.69, 9.17) is 29.0 Å². The smallest absolute Gasteiger partial charge is 0.294 e. The molecular weight excluding hydrogens is 612 g/mol. The monoisotopic (exact) mass is 650 g/mol. The van der Waals surface area contributed by atoms with E-state index in [1.807, 2.05) is 20.8 Å². The molecule has 3 aromatic carbocycles. The Morgan fingerprint density at radius 1 is 0.524 bits per heavy atom. The molecule has 0 aromatic heterocycles. The quantitative estimate of drug-likeness (QED) is 0.153. The van der Waals surface area contributed by atoms with Crippen LogP contribution in [0.15, 0.2) is 87.5 Å². The van der Waals surface area contributed by atoms with E-state index in [1.54, 1.807) is 36.4 Å². The predicted octanol–water partition coefficient (Wildman–Crippen LogP) is 3.23. The van der Waals surface area contributed by atoms with Crippen LogP contribution in [0, 0.1) is 20.8 Å². The molecule has 3 aromatic rings. The molecule has 12 nitrogen and oxygen atoms in total. The van der Waals surface area contributed by atoms with E-state index in [2.05, 4.69) is 0 Å². The first-order chi connectivity index (χ1) is 19.3. The number of benzene rings is 3. The number of rotatable bonds is 8. The minimum Gasteiger partial charge on any atom is -0.396 e. The van der Waals surface area contributed by atoms with Gasteiger partial charge in [-0.25, -0.2) is 0 Å². The lowest BCUT2D eigenvalue weighted by atomic mass is 10.2. The minimum atomic E-state index is -4.02. The molecule has 3 rings (SSSR count). The van der Waals surface area contributed by atoms with Crippen LogP contribution >= 0.6 is 0 Å². The third-order valence-electron chi connectivity index (χ3n) is 5.11. The maximum absolute atomic E-state index is 10.5. The van der Waals surface area contributed by atoms with E-state index < -0.39 is 36.5 Å². The Morgan fingerprint density at radius 3 is 0.976 bits per heavy atom. The van der Waals surface area contributed by atoms with Gasteiger partial charge >= 0.3 is 0 Å². The van der Waals surface area contributed by atoms with Crippen LogP contribution in [0.1, 0.15) is 36.0 Å². The molecule has 236 valence electrons. The molecule has 0 fully saturated rings. The van der Waals surface area contributed by atoms with Gasteiger partial charge in [-0.15, -0.1) is 0 Å². The number of aryl methyl sites for hydroxylation is 3. The second-order valence-corrected chi connectivity index (χ2v) is 13.2. The molecule has 0 aliphatic carbocycles. The molecule has 0 radical (unpaired) electrons. The van der Waals surface area contributed by atoms with Crippen LogP contribution in [0.5, 0.6) is 0 Å². The summed E-state index contributed by atoms with van der Waals surface area (Å²) in [5.74, 6) is 0. The molecule has 15 heteroatoms. The Hall–Kier alpha value is -2.73. The highest BCUT2D eigenvalue weighted by molar-refractivity contribution is 7.86. The first kappa shape index (κ1) is 39.3. The van der Waals surface area contributed by atoms with E-state index in [9.17, 15) is 25.3 Å². The number of unbranched alkanes of at least 4 members (excludes halogenated alkanes) is 1. The molecule has 42 heavy (non-hydrogen) atoms. The van der Waals surface area contributed by atoms with Crippen molar-refractivity contribution in [1.82, 2.24) is 0 Å². The van der Waals surface area contributed by atoms with Crippen molar-refractivity contribution in [1.29, 1.82) is 0 Å². The maximum atomic E-state index is 10.5. The fraction of sp³-hybridized carbons (Fsp3) is 0.333. The third-order valence-corrected chi connectivity index (χ3v) is 7.72. The van der Waals surface area contributed by atoms with E-state index >= 15 is 0 Å². The van der Waals surface area contributed by atoms with E-state index in [0.717, 1.165) is 23.1 Å². The van der Waals surface area contributed by atoms with Crippen LogP contribution in [0.4, 0.5) is 0 Å². The molecule has 1 unspecified atom stereocenters. The van der Waals surface area contributed by atoms with Crippen molar-refractivity contribution in [2.24, 2.45) is 0 Å². The van der Waals surface area contributed by atoms with Gasteiger partial charge in [-0.1, -0.05) is 53.1 Å². The average molecular weight is 651 g/mol. The molecule has 6 N–H and O–H groups in total. The van der Waals surface area contributed by atoms with Crippen LogP contribution in [-0.4, -0.2) is 73.5 Å². The fourth-order valence-electron chi connectivity index (χ4n) is 2.71. The lowest BCUT2D eigenvalue weighted by Crippen LogP contribution is -2.11. The van der Waals surface area contributed by atoms with Crippen molar-refractivity contribution in [3.05, 3.63) is 89.5 Å². The van der Waals surface area contributed by atoms with Gasteiger partial charge in [-0.3, -0.25) is 13.7 Å². The minimum absolute atomic E-state index is 0.0666. The van der Waals surface area contributed by atoms with E-state index in [-0.39, 0.29) is 27.9 Å². The van der Waals surface area contributed by atoms with E-state index in [1.165, 1.54) is 36.4 Å². The van der Waals surface area contributed by atoms with Crippen LogP contribution in [0.2, 0.25) is 0 Å². The predicted molar refractivity (Wildman–Crippen MR) is 157 cm³/mol. The SMILES string of the molecule is Cc1ccc(S(=O)(=O)O)cc1.Cc1ccc(S(=O)(=O)O)cc1.Cc1ccc(S(=O)(=O)O)cc1.OCCCCC(O)CO. The molecule has 0 aliphatic rings. The van der Waals surface area contributed by atoms with Crippen LogP contribution < -0.4 is 0 Å². The highest BCUT2D eigenvalue weighted by Gasteiger charge is 2.08. The van der Waals surface area contributed by atoms with Crippen molar-refractivity contribution < 1.29 is 54.2 Å². The second-order valence-electron chi connectivity index (χ2n) is 8.92. The zero-order chi connectivity index (χ0) is 32.6. The standard InChI is InChI=1S/3C7H8O3S.C6H14O3/c3*1-6-2-4-7(5-3-6)11(8,9)10;7-4-2-1-3-6(9)5-8/h3*2-5H,1H3,(H,8,9,10);6-9H,1-5H2. The Morgan fingerprint density at radius 2 is 0.786 bits per heavy atom. The third kappa shape index (κ3) is 17.9. The molecule has 0 amide bonds. The van der Waals surface area contributed by atoms with Gasteiger partial charge in [-0.2, -0.15) is 25.3 Å². The highest BCUT2D eigenvalue weighted by atomic mass is 32.2. The molecular formula is C27H38O12S3. The van der Waals surface area contributed by atoms with Crippen molar-refractivity contribution in [3.63, 3.8) is 0 Å². The van der Waals surface area contributed by atoms with Gasteiger partial charge in [-0.05, 0) is 76.4 Å². The molecule has 0 aliphatic heterocycles. The molecule has 0 heterocycles. The average Bonchev–Trinajstić information content (AvgIpc) is 2.89. The molecule has 0 saturated heterocycles. The van der Waals surface area contributed by atoms with Gasteiger partial charge in [0.1, 0.15) is 0 Å². The topological polar surface area (TPSA) is 224 Å². The summed E-state index contributed by atoms with van der Waals surface area (Å²) < 4.78 is 88.7. The van der Waals surface area contributed by atoms with Crippen LogP contribution in [0.25, 0.3) is 0 Å². The Labute approximate surface area is 247 Å². The van der Waals surface area contributed by atoms with Gasteiger partial charge in [0.15, 0.2) is 0 Å². The second kappa shape index (κ2) is 18.7.